The Labute approximate surface area is 122 Å². The van der Waals surface area contributed by atoms with Gasteiger partial charge in [-0.25, -0.2) is 8.78 Å². The first kappa shape index (κ1) is 13.8. The minimum Gasteiger partial charge on any atom is -0.207 e. The van der Waals surface area contributed by atoms with Crippen LogP contribution in [0.4, 0.5) is 8.78 Å². The maximum Gasteiger partial charge on any atom is 0.142 e. The number of halogens is 5. The molecule has 0 amide bonds. The molecule has 0 aromatic heterocycles. The predicted octanol–water partition coefficient (Wildman–Crippen LogP) is 5.76. The van der Waals surface area contributed by atoms with Crippen LogP contribution in [0.3, 0.4) is 0 Å². The summed E-state index contributed by atoms with van der Waals surface area (Å²) >= 11 is 14.6. The third kappa shape index (κ3) is 2.85. The van der Waals surface area contributed by atoms with E-state index in [4.69, 9.17) is 23.2 Å². The molecule has 2 aromatic rings. The zero-order valence-electron chi connectivity index (χ0n) is 8.93. The van der Waals surface area contributed by atoms with Gasteiger partial charge in [-0.2, -0.15) is 0 Å². The lowest BCUT2D eigenvalue weighted by molar-refractivity contribution is 0.588. The lowest BCUT2D eigenvalue weighted by Crippen LogP contribution is -1.98. The summed E-state index contributed by atoms with van der Waals surface area (Å²) in [5.74, 6) is -1.20. The highest BCUT2D eigenvalue weighted by Gasteiger charge is 2.17. The molecule has 0 nitrogen and oxygen atoms in total. The summed E-state index contributed by atoms with van der Waals surface area (Å²) in [5, 5.41) is 0.355. The summed E-state index contributed by atoms with van der Waals surface area (Å²) in [4.78, 5) is -0.457. The number of hydrogen-bond acceptors (Lipinski definition) is 0. The maximum atomic E-state index is 13.7. The molecule has 0 fully saturated rings. The second-order valence-corrected chi connectivity index (χ2v) is 5.46. The molecular formula is C13H7BrCl2F2. The molecule has 0 heterocycles. The Kier molecular flexibility index (Phi) is 4.25. The molecule has 0 radical (unpaired) electrons. The van der Waals surface area contributed by atoms with Gasteiger partial charge in [-0.1, -0.05) is 51.3 Å². The van der Waals surface area contributed by atoms with Gasteiger partial charge >= 0.3 is 0 Å². The van der Waals surface area contributed by atoms with E-state index in [-0.39, 0.29) is 10.6 Å². The molecule has 94 valence electrons. The molecule has 0 saturated carbocycles. The molecule has 0 N–H and O–H groups in total. The van der Waals surface area contributed by atoms with E-state index in [1.165, 1.54) is 0 Å². The van der Waals surface area contributed by atoms with Crippen LogP contribution in [-0.2, 0) is 0 Å². The van der Waals surface area contributed by atoms with Gasteiger partial charge in [0.05, 0.1) is 9.85 Å². The van der Waals surface area contributed by atoms with Crippen molar-refractivity contribution >= 4 is 39.1 Å². The largest absolute Gasteiger partial charge is 0.207 e. The molecule has 0 spiro atoms. The Morgan fingerprint density at radius 2 is 1.56 bits per heavy atom. The Bertz CT molecular complexity index is 570. The molecule has 0 saturated heterocycles. The number of rotatable bonds is 2. The smallest absolute Gasteiger partial charge is 0.142 e. The molecule has 18 heavy (non-hydrogen) atoms. The zero-order chi connectivity index (χ0) is 13.3. The van der Waals surface area contributed by atoms with Gasteiger partial charge in [-0.3, -0.25) is 0 Å². The number of hydrogen-bond donors (Lipinski definition) is 0. The molecule has 2 aromatic carbocycles. The van der Waals surface area contributed by atoms with Gasteiger partial charge < -0.3 is 0 Å². The van der Waals surface area contributed by atoms with Crippen molar-refractivity contribution in [1.82, 2.24) is 0 Å². The second kappa shape index (κ2) is 5.55. The highest BCUT2D eigenvalue weighted by Crippen LogP contribution is 2.34. The Morgan fingerprint density at radius 3 is 2.17 bits per heavy atom. The number of alkyl halides is 1. The van der Waals surface area contributed by atoms with Crippen LogP contribution in [0, 0.1) is 11.6 Å². The maximum absolute atomic E-state index is 13.7. The van der Waals surface area contributed by atoms with Crippen molar-refractivity contribution in [2.24, 2.45) is 0 Å². The number of benzene rings is 2. The summed E-state index contributed by atoms with van der Waals surface area (Å²) < 4.78 is 27.1. The minimum atomic E-state index is -0.647. The monoisotopic (exact) mass is 350 g/mol. The van der Waals surface area contributed by atoms with Crippen LogP contribution in [0.15, 0.2) is 36.4 Å². The van der Waals surface area contributed by atoms with Gasteiger partial charge in [0, 0.05) is 10.6 Å². The summed E-state index contributed by atoms with van der Waals surface area (Å²) in [6.07, 6.45) is 0. The standard InChI is InChI=1S/C13H7BrCl2F2/c14-13(7-1-3-8(15)4-2-7)9-5-12(18)10(16)6-11(9)17/h1-6,13H. The fraction of sp³-hybridized carbons (Fsp3) is 0.0769. The summed E-state index contributed by atoms with van der Waals surface area (Å²) in [7, 11) is 0. The van der Waals surface area contributed by atoms with E-state index < -0.39 is 16.5 Å². The fourth-order valence-corrected chi connectivity index (χ4v) is 2.48. The van der Waals surface area contributed by atoms with Crippen LogP contribution in [0.1, 0.15) is 16.0 Å². The van der Waals surface area contributed by atoms with Crippen molar-refractivity contribution in [2.75, 3.05) is 0 Å². The highest BCUT2D eigenvalue weighted by atomic mass is 79.9. The summed E-state index contributed by atoms with van der Waals surface area (Å²) in [6, 6.07) is 8.92. The van der Waals surface area contributed by atoms with Gasteiger partial charge in [-0.05, 0) is 29.8 Å². The second-order valence-electron chi connectivity index (χ2n) is 3.70. The van der Waals surface area contributed by atoms with Crippen molar-refractivity contribution in [2.45, 2.75) is 4.83 Å². The Hall–Kier alpha value is -0.640. The Morgan fingerprint density at radius 1 is 0.944 bits per heavy atom. The van der Waals surface area contributed by atoms with Crippen molar-refractivity contribution in [1.29, 1.82) is 0 Å². The Balaban J connectivity index is 2.42. The van der Waals surface area contributed by atoms with Crippen LogP contribution < -0.4 is 0 Å². The quantitative estimate of drug-likeness (QED) is 0.477. The van der Waals surface area contributed by atoms with Gasteiger partial charge in [-0.15, -0.1) is 0 Å². The summed E-state index contributed by atoms with van der Waals surface area (Å²) in [6.45, 7) is 0. The average Bonchev–Trinajstić information content (AvgIpc) is 2.34. The first-order valence-electron chi connectivity index (χ1n) is 5.03. The molecule has 1 unspecified atom stereocenters. The molecule has 0 aliphatic rings. The molecule has 0 aliphatic heterocycles. The van der Waals surface area contributed by atoms with Gasteiger partial charge in [0.1, 0.15) is 11.6 Å². The third-order valence-corrected chi connectivity index (χ3v) is 4.04. The molecular weight excluding hydrogens is 345 g/mol. The molecule has 1 atom stereocenters. The van der Waals surface area contributed by atoms with Crippen molar-refractivity contribution in [3.05, 3.63) is 69.2 Å². The first-order chi connectivity index (χ1) is 8.49. The van der Waals surface area contributed by atoms with Crippen LogP contribution in [0.25, 0.3) is 0 Å². The van der Waals surface area contributed by atoms with E-state index in [0.29, 0.717) is 5.02 Å². The van der Waals surface area contributed by atoms with Crippen LogP contribution in [-0.4, -0.2) is 0 Å². The molecule has 5 heteroatoms. The van der Waals surface area contributed by atoms with E-state index in [1.54, 1.807) is 24.3 Å². The van der Waals surface area contributed by atoms with Gasteiger partial charge in [0.25, 0.3) is 0 Å². The first-order valence-corrected chi connectivity index (χ1v) is 6.70. The zero-order valence-corrected chi connectivity index (χ0v) is 12.0. The van der Waals surface area contributed by atoms with Crippen LogP contribution >= 0.6 is 39.1 Å². The van der Waals surface area contributed by atoms with Crippen LogP contribution in [0.2, 0.25) is 10.0 Å². The fourth-order valence-electron chi connectivity index (χ4n) is 1.54. The molecule has 2 rings (SSSR count). The molecule has 0 aliphatic carbocycles. The normalized spacial score (nSPS) is 12.5. The van der Waals surface area contributed by atoms with Gasteiger partial charge in [0.15, 0.2) is 0 Å². The van der Waals surface area contributed by atoms with Crippen molar-refractivity contribution < 1.29 is 8.78 Å². The molecule has 0 bridgehead atoms. The summed E-state index contributed by atoms with van der Waals surface area (Å²) in [5.41, 5.74) is 0.972. The van der Waals surface area contributed by atoms with E-state index in [9.17, 15) is 8.78 Å². The SMILES string of the molecule is Fc1cc(C(Br)c2ccc(Cl)cc2)c(F)cc1Cl. The lowest BCUT2D eigenvalue weighted by atomic mass is 10.0. The average molecular weight is 352 g/mol. The van der Waals surface area contributed by atoms with Crippen molar-refractivity contribution in [3.63, 3.8) is 0 Å². The predicted molar refractivity (Wildman–Crippen MR) is 73.6 cm³/mol. The van der Waals surface area contributed by atoms with E-state index in [1.807, 2.05) is 0 Å². The third-order valence-electron chi connectivity index (χ3n) is 2.48. The van der Waals surface area contributed by atoms with E-state index in [2.05, 4.69) is 15.9 Å². The van der Waals surface area contributed by atoms with Crippen molar-refractivity contribution in [3.8, 4) is 0 Å². The van der Waals surface area contributed by atoms with Gasteiger partial charge in [0.2, 0.25) is 0 Å². The lowest BCUT2D eigenvalue weighted by Gasteiger charge is -2.12. The van der Waals surface area contributed by atoms with E-state index in [0.717, 1.165) is 17.7 Å². The topological polar surface area (TPSA) is 0 Å². The highest BCUT2D eigenvalue weighted by molar-refractivity contribution is 9.09. The van der Waals surface area contributed by atoms with E-state index >= 15 is 0 Å². The van der Waals surface area contributed by atoms with Crippen LogP contribution in [0.5, 0.6) is 0 Å². The minimum absolute atomic E-state index is 0.194.